The summed E-state index contributed by atoms with van der Waals surface area (Å²) in [7, 11) is 1.56. The van der Waals surface area contributed by atoms with Crippen molar-refractivity contribution in [3.8, 4) is 5.75 Å². The van der Waals surface area contributed by atoms with Crippen LogP contribution in [-0.4, -0.2) is 18.4 Å². The number of hydrogen-bond donors (Lipinski definition) is 3. The molecule has 0 saturated heterocycles. The molecule has 0 aliphatic carbocycles. The first-order valence-corrected chi connectivity index (χ1v) is 7.55. The number of hydrazine groups is 2. The van der Waals surface area contributed by atoms with E-state index in [1.54, 1.807) is 24.7 Å². The molecular weight excluding hydrogens is 377 g/mol. The van der Waals surface area contributed by atoms with Gasteiger partial charge in [0.1, 0.15) is 17.3 Å². The molecule has 1 aromatic carbocycles. The third kappa shape index (κ3) is 5.22. The smallest absolute Gasteiger partial charge is 0.221 e. The zero-order valence-corrected chi connectivity index (χ0v) is 14.0. The summed E-state index contributed by atoms with van der Waals surface area (Å²) in [6, 6.07) is 2.92. The molecule has 120 valence electrons. The second-order valence-corrected chi connectivity index (χ2v) is 5.65. The fourth-order valence-electron chi connectivity index (χ4n) is 1.45. The molecule has 0 bridgehead atoms. The number of thiazole rings is 1. The second kappa shape index (κ2) is 9.30. The molecule has 22 heavy (non-hydrogen) atoms. The molecule has 1 aromatic heterocycles. The van der Waals surface area contributed by atoms with Crippen molar-refractivity contribution in [1.82, 2.24) is 10.4 Å². The number of nitrogens with zero attached hydrogens (tertiary/aromatic N) is 2. The fourth-order valence-corrected chi connectivity index (χ4v) is 2.41. The van der Waals surface area contributed by atoms with Gasteiger partial charge in [-0.15, -0.1) is 11.3 Å². The summed E-state index contributed by atoms with van der Waals surface area (Å²) in [5, 5.41) is 3.86. The molecule has 1 amide bonds. The first-order chi connectivity index (χ1) is 10.5. The Morgan fingerprint density at radius 3 is 2.77 bits per heavy atom. The number of anilines is 1. The van der Waals surface area contributed by atoms with Crippen LogP contribution in [0.3, 0.4) is 0 Å². The average Bonchev–Trinajstić information content (AvgIpc) is 3.01. The average molecular weight is 392 g/mol. The molecule has 0 aliphatic rings. The molecule has 5 N–H and O–H groups in total. The maximum absolute atomic E-state index is 13.7. The monoisotopic (exact) mass is 391 g/mol. The van der Waals surface area contributed by atoms with Crippen LogP contribution in [0.4, 0.5) is 10.1 Å². The van der Waals surface area contributed by atoms with Gasteiger partial charge in [-0.25, -0.2) is 21.1 Å². The molecule has 0 atom stereocenters. The van der Waals surface area contributed by atoms with Crippen molar-refractivity contribution in [1.29, 1.82) is 0 Å². The molecule has 0 saturated carbocycles. The predicted octanol–water partition coefficient (Wildman–Crippen LogP) is 1.54. The molecule has 2 aromatic rings. The van der Waals surface area contributed by atoms with Crippen molar-refractivity contribution >= 4 is 39.4 Å². The first-order valence-electron chi connectivity index (χ1n) is 5.88. The summed E-state index contributed by atoms with van der Waals surface area (Å²) in [5.41, 5.74) is 1.96. The fraction of sp³-hybridized carbons (Fsp3) is 0.167. The Morgan fingerprint density at radius 2 is 2.27 bits per heavy atom. The summed E-state index contributed by atoms with van der Waals surface area (Å²) in [6.07, 6.45) is 2.10. The summed E-state index contributed by atoms with van der Waals surface area (Å²) < 4.78 is 20.0. The topological polar surface area (TPSA) is 106 Å². The van der Waals surface area contributed by atoms with Gasteiger partial charge in [0, 0.05) is 18.6 Å². The number of halogens is 2. The zero-order valence-electron chi connectivity index (χ0n) is 11.6. The molecule has 2 rings (SSSR count). The van der Waals surface area contributed by atoms with Gasteiger partial charge < -0.3 is 9.75 Å². The standard InChI is InChI=1S/C11H11BrFN3OS.CH4N2O/c1-16(14)10-8(13)3-2-7(12)11(10)17-6-9-15-4-5-18-9;2-3-1-4/h2-5H,6,14H2,1H3;1H,2H2,(H,3,4). The van der Waals surface area contributed by atoms with E-state index in [1.807, 2.05) is 5.38 Å². The van der Waals surface area contributed by atoms with Gasteiger partial charge in [-0.05, 0) is 28.1 Å². The SMILES string of the molecule is CN(N)c1c(F)ccc(Br)c1OCc1nccs1.NNC=O. The molecule has 0 aliphatic heterocycles. The van der Waals surface area contributed by atoms with E-state index in [2.05, 4.69) is 26.8 Å². The van der Waals surface area contributed by atoms with Gasteiger partial charge in [0.2, 0.25) is 6.41 Å². The number of nitrogens with two attached hydrogens (primary N) is 2. The maximum atomic E-state index is 13.7. The van der Waals surface area contributed by atoms with Gasteiger partial charge in [-0.2, -0.15) is 0 Å². The van der Waals surface area contributed by atoms with E-state index in [9.17, 15) is 4.39 Å². The first kappa shape index (κ1) is 18.3. The molecule has 0 spiro atoms. The van der Waals surface area contributed by atoms with Crippen molar-refractivity contribution < 1.29 is 13.9 Å². The summed E-state index contributed by atoms with van der Waals surface area (Å²) in [6.45, 7) is 0.278. The number of amides is 1. The van der Waals surface area contributed by atoms with E-state index in [-0.39, 0.29) is 12.3 Å². The Labute approximate surface area is 139 Å². The zero-order chi connectivity index (χ0) is 16.5. The molecular formula is C12H15BrFN5O2S. The summed E-state index contributed by atoms with van der Waals surface area (Å²) >= 11 is 4.80. The van der Waals surface area contributed by atoms with Gasteiger partial charge in [0.05, 0.1) is 4.47 Å². The number of hydrogen-bond acceptors (Lipinski definition) is 7. The third-order valence-electron chi connectivity index (χ3n) is 2.28. The van der Waals surface area contributed by atoms with E-state index in [0.29, 0.717) is 16.6 Å². The van der Waals surface area contributed by atoms with Crippen molar-refractivity contribution in [2.75, 3.05) is 12.1 Å². The van der Waals surface area contributed by atoms with Crippen LogP contribution in [0.15, 0.2) is 28.2 Å². The Morgan fingerprint density at radius 1 is 1.59 bits per heavy atom. The lowest BCUT2D eigenvalue weighted by molar-refractivity contribution is -0.109. The van der Waals surface area contributed by atoms with E-state index in [0.717, 1.165) is 5.01 Å². The molecule has 0 fully saturated rings. The van der Waals surface area contributed by atoms with Crippen LogP contribution >= 0.6 is 27.3 Å². The molecule has 0 radical (unpaired) electrons. The van der Waals surface area contributed by atoms with E-state index < -0.39 is 5.82 Å². The van der Waals surface area contributed by atoms with Crippen LogP contribution in [0, 0.1) is 5.82 Å². The van der Waals surface area contributed by atoms with Crippen LogP contribution < -0.4 is 26.9 Å². The Bertz CT molecular complexity index is 597. The van der Waals surface area contributed by atoms with Gasteiger partial charge >= 0.3 is 0 Å². The number of nitrogens with one attached hydrogen (secondary N) is 1. The Hall–Kier alpha value is -1.75. The molecule has 1 heterocycles. The highest BCUT2D eigenvalue weighted by atomic mass is 79.9. The van der Waals surface area contributed by atoms with Crippen LogP contribution in [0.2, 0.25) is 0 Å². The predicted molar refractivity (Wildman–Crippen MR) is 86.5 cm³/mol. The minimum atomic E-state index is -0.433. The quantitative estimate of drug-likeness (QED) is 0.309. The van der Waals surface area contributed by atoms with Crippen LogP contribution in [0.25, 0.3) is 0 Å². The van der Waals surface area contributed by atoms with Gasteiger partial charge in [-0.3, -0.25) is 10.2 Å². The summed E-state index contributed by atoms with van der Waals surface area (Å²) in [4.78, 5) is 13.0. The lowest BCUT2D eigenvalue weighted by Crippen LogP contribution is -2.27. The van der Waals surface area contributed by atoms with Crippen molar-refractivity contribution in [2.24, 2.45) is 11.7 Å². The van der Waals surface area contributed by atoms with Crippen LogP contribution in [-0.2, 0) is 11.4 Å². The van der Waals surface area contributed by atoms with E-state index in [4.69, 9.17) is 15.4 Å². The van der Waals surface area contributed by atoms with E-state index in [1.165, 1.54) is 22.4 Å². The van der Waals surface area contributed by atoms with Crippen molar-refractivity contribution in [3.05, 3.63) is 39.0 Å². The maximum Gasteiger partial charge on any atom is 0.221 e. The largest absolute Gasteiger partial charge is 0.483 e. The number of aromatic nitrogens is 1. The molecule has 10 heteroatoms. The summed E-state index contributed by atoms with van der Waals surface area (Å²) in [5.74, 6) is 9.96. The van der Waals surface area contributed by atoms with Gasteiger partial charge in [0.25, 0.3) is 0 Å². The number of rotatable bonds is 5. The number of carbonyl (C=O) groups excluding carboxylic acids is 1. The van der Waals surface area contributed by atoms with Gasteiger partial charge in [0.15, 0.2) is 11.6 Å². The van der Waals surface area contributed by atoms with Gasteiger partial charge in [-0.1, -0.05) is 0 Å². The lowest BCUT2D eigenvalue weighted by Gasteiger charge is -2.18. The number of carbonyl (C=O) groups is 1. The minimum Gasteiger partial charge on any atom is -0.483 e. The van der Waals surface area contributed by atoms with E-state index >= 15 is 0 Å². The molecule has 7 nitrogen and oxygen atoms in total. The highest BCUT2D eigenvalue weighted by Gasteiger charge is 2.16. The number of benzene rings is 1. The minimum absolute atomic E-state index is 0.209. The van der Waals surface area contributed by atoms with Crippen molar-refractivity contribution in [3.63, 3.8) is 0 Å². The Balaban J connectivity index is 0.000000541. The van der Waals surface area contributed by atoms with Crippen LogP contribution in [0.1, 0.15) is 5.01 Å². The highest BCUT2D eigenvalue weighted by molar-refractivity contribution is 9.10. The number of ether oxygens (including phenoxy) is 1. The molecule has 0 unspecified atom stereocenters. The highest BCUT2D eigenvalue weighted by Crippen LogP contribution is 2.37. The second-order valence-electron chi connectivity index (χ2n) is 3.82. The van der Waals surface area contributed by atoms with Crippen molar-refractivity contribution in [2.45, 2.75) is 6.61 Å². The Kier molecular flexibility index (Phi) is 7.74. The normalized spacial score (nSPS) is 9.50. The van der Waals surface area contributed by atoms with Crippen LogP contribution in [0.5, 0.6) is 5.75 Å². The third-order valence-corrected chi connectivity index (χ3v) is 3.66. The lowest BCUT2D eigenvalue weighted by atomic mass is 10.2.